The van der Waals surface area contributed by atoms with E-state index in [1.54, 1.807) is 25.7 Å². The molecule has 2 heterocycles. The van der Waals surface area contributed by atoms with Crippen LogP contribution >= 0.6 is 11.3 Å². The van der Waals surface area contributed by atoms with Crippen molar-refractivity contribution < 1.29 is 9.53 Å². The van der Waals surface area contributed by atoms with E-state index >= 15 is 0 Å². The summed E-state index contributed by atoms with van der Waals surface area (Å²) in [6, 6.07) is 7.26. The van der Waals surface area contributed by atoms with Gasteiger partial charge in [-0.1, -0.05) is 18.2 Å². The Morgan fingerprint density at radius 3 is 2.88 bits per heavy atom. The number of methoxy groups -OCH3 is 1. The highest BCUT2D eigenvalue weighted by atomic mass is 32.1. The lowest BCUT2D eigenvalue weighted by molar-refractivity contribution is 0.0738. The Kier molecular flexibility index (Phi) is 4.35. The Morgan fingerprint density at radius 2 is 2.12 bits per heavy atom. The van der Waals surface area contributed by atoms with Crippen molar-refractivity contribution in [1.29, 1.82) is 0 Å². The van der Waals surface area contributed by atoms with Gasteiger partial charge in [-0.2, -0.15) is 0 Å². The fourth-order valence-electron chi connectivity index (χ4n) is 2.56. The Hall–Kier alpha value is -2.67. The van der Waals surface area contributed by atoms with Gasteiger partial charge in [-0.3, -0.25) is 14.0 Å². The highest BCUT2D eigenvalue weighted by molar-refractivity contribution is 7.15. The van der Waals surface area contributed by atoms with Gasteiger partial charge in [0, 0.05) is 30.4 Å². The van der Waals surface area contributed by atoms with Crippen LogP contribution in [-0.2, 0) is 0 Å². The predicted octanol–water partition coefficient (Wildman–Crippen LogP) is 2.60. The average Bonchev–Trinajstić information content (AvgIpc) is 3.10. The lowest BCUT2D eigenvalue weighted by Crippen LogP contribution is -2.34. The molecule has 0 aliphatic rings. The maximum absolute atomic E-state index is 12.8. The van der Waals surface area contributed by atoms with Crippen molar-refractivity contribution in [2.75, 3.05) is 14.2 Å². The smallest absolute Gasteiger partial charge is 0.271 e. The molecule has 0 aliphatic carbocycles. The number of amides is 1. The van der Waals surface area contributed by atoms with Crippen molar-refractivity contribution in [2.45, 2.75) is 13.0 Å². The summed E-state index contributed by atoms with van der Waals surface area (Å²) in [5.74, 6) is 0.333. The van der Waals surface area contributed by atoms with E-state index in [1.165, 1.54) is 26.8 Å². The number of hydrogen-bond acceptors (Lipinski definition) is 5. The second kappa shape index (κ2) is 6.45. The van der Waals surface area contributed by atoms with Crippen LogP contribution in [0.5, 0.6) is 5.75 Å². The van der Waals surface area contributed by atoms with Gasteiger partial charge in [0.1, 0.15) is 11.3 Å². The van der Waals surface area contributed by atoms with Gasteiger partial charge in [-0.15, -0.1) is 11.3 Å². The van der Waals surface area contributed by atoms with Crippen LogP contribution in [0.2, 0.25) is 0 Å². The summed E-state index contributed by atoms with van der Waals surface area (Å²) in [5.41, 5.74) is 0.570. The van der Waals surface area contributed by atoms with Crippen LogP contribution in [-0.4, -0.2) is 34.3 Å². The molecular formula is C17H17N3O3S. The lowest BCUT2D eigenvalue weighted by Gasteiger charge is -2.26. The van der Waals surface area contributed by atoms with Crippen molar-refractivity contribution in [1.82, 2.24) is 14.3 Å². The minimum absolute atomic E-state index is 0.0511. The number of nitrogens with zero attached hydrogens (tertiary/aromatic N) is 3. The number of ether oxygens (including phenoxy) is 1. The zero-order valence-electron chi connectivity index (χ0n) is 13.6. The zero-order chi connectivity index (χ0) is 17.3. The van der Waals surface area contributed by atoms with Crippen LogP contribution in [0.25, 0.3) is 4.96 Å². The van der Waals surface area contributed by atoms with Gasteiger partial charge in [-0.05, 0) is 13.0 Å². The number of aromatic nitrogens is 2. The van der Waals surface area contributed by atoms with Crippen molar-refractivity contribution in [3.63, 3.8) is 0 Å². The van der Waals surface area contributed by atoms with Gasteiger partial charge >= 0.3 is 0 Å². The molecule has 3 rings (SSSR count). The average molecular weight is 343 g/mol. The number of thiazole rings is 1. The van der Waals surface area contributed by atoms with Crippen LogP contribution in [0.4, 0.5) is 0 Å². The molecule has 1 atom stereocenters. The molecule has 1 aromatic carbocycles. The molecule has 0 saturated heterocycles. The molecular weight excluding hydrogens is 326 g/mol. The first-order chi connectivity index (χ1) is 11.5. The third-order valence-corrected chi connectivity index (χ3v) is 4.83. The number of benzene rings is 1. The molecule has 3 aromatic rings. The standard InChI is InChI=1S/C17H17N3O3S/c1-11(12-6-4-5-7-14(12)23-3)19(2)15(21)13-10-18-17-20(16(13)22)8-9-24-17/h4-11H,1-3H3/t11-/m0/s1. The van der Waals surface area contributed by atoms with Gasteiger partial charge in [0.15, 0.2) is 4.96 Å². The fraction of sp³-hybridized carbons (Fsp3) is 0.235. The van der Waals surface area contributed by atoms with E-state index in [9.17, 15) is 9.59 Å². The van der Waals surface area contributed by atoms with Crippen molar-refractivity contribution in [3.8, 4) is 5.75 Å². The van der Waals surface area contributed by atoms with Crippen LogP contribution in [0.3, 0.4) is 0 Å². The maximum atomic E-state index is 12.8. The molecule has 0 fully saturated rings. The summed E-state index contributed by atoms with van der Waals surface area (Å²) >= 11 is 1.35. The van der Waals surface area contributed by atoms with Gasteiger partial charge < -0.3 is 9.64 Å². The minimum atomic E-state index is -0.369. The van der Waals surface area contributed by atoms with E-state index in [-0.39, 0.29) is 23.1 Å². The van der Waals surface area contributed by atoms with Gasteiger partial charge in [0.2, 0.25) is 0 Å². The molecule has 1 amide bonds. The molecule has 7 heteroatoms. The zero-order valence-corrected chi connectivity index (χ0v) is 14.4. The first kappa shape index (κ1) is 16.2. The minimum Gasteiger partial charge on any atom is -0.496 e. The van der Waals surface area contributed by atoms with E-state index in [0.29, 0.717) is 10.7 Å². The molecule has 24 heavy (non-hydrogen) atoms. The number of fused-ring (bicyclic) bond motifs is 1. The van der Waals surface area contributed by atoms with Crippen LogP contribution < -0.4 is 10.3 Å². The fourth-order valence-corrected chi connectivity index (χ4v) is 3.23. The molecule has 0 spiro atoms. The van der Waals surface area contributed by atoms with E-state index in [4.69, 9.17) is 4.74 Å². The molecule has 0 saturated carbocycles. The molecule has 6 nitrogen and oxygen atoms in total. The topological polar surface area (TPSA) is 63.9 Å². The van der Waals surface area contributed by atoms with Crippen molar-refractivity contribution in [3.05, 3.63) is 63.5 Å². The molecule has 0 aliphatic heterocycles. The number of carbonyl (C=O) groups excluding carboxylic acids is 1. The summed E-state index contributed by atoms with van der Waals surface area (Å²) in [7, 11) is 3.26. The number of hydrogen-bond donors (Lipinski definition) is 0. The van der Waals surface area contributed by atoms with Gasteiger partial charge in [-0.25, -0.2) is 4.98 Å². The highest BCUT2D eigenvalue weighted by Gasteiger charge is 2.24. The molecule has 0 bridgehead atoms. The Balaban J connectivity index is 1.96. The molecule has 0 unspecified atom stereocenters. The quantitative estimate of drug-likeness (QED) is 0.730. The van der Waals surface area contributed by atoms with E-state index in [0.717, 1.165) is 5.56 Å². The SMILES string of the molecule is COc1ccccc1[C@H](C)N(C)C(=O)c1cnc2sccn2c1=O. The maximum Gasteiger partial charge on any atom is 0.271 e. The second-order valence-corrected chi connectivity index (χ2v) is 6.24. The third kappa shape index (κ3) is 2.67. The summed E-state index contributed by atoms with van der Waals surface area (Å²) in [6.45, 7) is 1.89. The molecule has 0 radical (unpaired) electrons. The summed E-state index contributed by atoms with van der Waals surface area (Å²) < 4.78 is 6.75. The number of rotatable bonds is 4. The van der Waals surface area contributed by atoms with Crippen LogP contribution in [0.15, 0.2) is 46.8 Å². The Bertz CT molecular complexity index is 947. The Labute approximate surface area is 142 Å². The summed E-state index contributed by atoms with van der Waals surface area (Å²) in [6.07, 6.45) is 2.97. The first-order valence-corrected chi connectivity index (χ1v) is 8.27. The number of para-hydroxylation sites is 1. The molecule has 124 valence electrons. The summed E-state index contributed by atoms with van der Waals surface area (Å²) in [4.78, 5) is 31.5. The second-order valence-electron chi connectivity index (χ2n) is 5.37. The van der Waals surface area contributed by atoms with Gasteiger partial charge in [0.05, 0.1) is 13.2 Å². The van der Waals surface area contributed by atoms with Crippen molar-refractivity contribution >= 4 is 22.2 Å². The van der Waals surface area contributed by atoms with E-state index < -0.39 is 0 Å². The van der Waals surface area contributed by atoms with Crippen LogP contribution in [0, 0.1) is 0 Å². The monoisotopic (exact) mass is 343 g/mol. The van der Waals surface area contributed by atoms with E-state index in [2.05, 4.69) is 4.98 Å². The molecule has 0 N–H and O–H groups in total. The largest absolute Gasteiger partial charge is 0.496 e. The normalized spacial score (nSPS) is 12.1. The highest BCUT2D eigenvalue weighted by Crippen LogP contribution is 2.28. The van der Waals surface area contributed by atoms with E-state index in [1.807, 2.05) is 31.2 Å². The van der Waals surface area contributed by atoms with Crippen molar-refractivity contribution in [2.24, 2.45) is 0 Å². The van der Waals surface area contributed by atoms with Crippen LogP contribution in [0.1, 0.15) is 28.9 Å². The first-order valence-electron chi connectivity index (χ1n) is 7.39. The predicted molar refractivity (Wildman–Crippen MR) is 92.8 cm³/mol. The summed E-state index contributed by atoms with van der Waals surface area (Å²) in [5, 5.41) is 1.76. The number of carbonyl (C=O) groups is 1. The third-order valence-electron chi connectivity index (χ3n) is 4.06. The lowest BCUT2D eigenvalue weighted by atomic mass is 10.1. The van der Waals surface area contributed by atoms with Gasteiger partial charge in [0.25, 0.3) is 11.5 Å². The Morgan fingerprint density at radius 1 is 1.38 bits per heavy atom. The molecule has 2 aromatic heterocycles.